The van der Waals surface area contributed by atoms with Crippen LogP contribution >= 0.6 is 27.3 Å². The Kier molecular flexibility index (Phi) is 7.70. The van der Waals surface area contributed by atoms with Crippen molar-refractivity contribution < 1.29 is 19.0 Å². The molecule has 0 aliphatic carbocycles. The lowest BCUT2D eigenvalue weighted by atomic mass is 10.1. The summed E-state index contributed by atoms with van der Waals surface area (Å²) in [7, 11) is 0. The van der Waals surface area contributed by atoms with Gasteiger partial charge in [-0.15, -0.1) is 11.3 Å². The van der Waals surface area contributed by atoms with Gasteiger partial charge >= 0.3 is 0 Å². The van der Waals surface area contributed by atoms with E-state index in [2.05, 4.69) is 26.2 Å². The normalized spacial score (nSPS) is 10.5. The molecule has 8 heteroatoms. The van der Waals surface area contributed by atoms with E-state index < -0.39 is 0 Å². The number of carbonyl (C=O) groups excluding carboxylic acids is 1. The van der Waals surface area contributed by atoms with Gasteiger partial charge in [0.05, 0.1) is 25.5 Å². The van der Waals surface area contributed by atoms with Gasteiger partial charge in [0.15, 0.2) is 16.6 Å². The predicted octanol–water partition coefficient (Wildman–Crippen LogP) is 6.02. The third-order valence-corrected chi connectivity index (χ3v) is 5.32. The van der Waals surface area contributed by atoms with Crippen molar-refractivity contribution >= 4 is 38.3 Å². The van der Waals surface area contributed by atoms with Crippen molar-refractivity contribution in [2.24, 2.45) is 0 Å². The Morgan fingerprint density at radius 2 is 1.60 bits per heavy atom. The van der Waals surface area contributed by atoms with Gasteiger partial charge in [0.25, 0.3) is 5.91 Å². The van der Waals surface area contributed by atoms with Crippen molar-refractivity contribution in [2.75, 3.05) is 25.1 Å². The maximum atomic E-state index is 12.9. The van der Waals surface area contributed by atoms with Gasteiger partial charge in [-0.1, -0.05) is 28.1 Å². The molecule has 0 unspecified atom stereocenters. The van der Waals surface area contributed by atoms with Crippen molar-refractivity contribution in [3.05, 3.63) is 51.8 Å². The molecular formula is C22H23BrN2O4S. The van der Waals surface area contributed by atoms with E-state index in [9.17, 15) is 4.79 Å². The molecule has 0 bridgehead atoms. The summed E-state index contributed by atoms with van der Waals surface area (Å²) in [6.45, 7) is 6.99. The molecule has 1 aromatic heterocycles. The Bertz CT molecular complexity index is 978. The van der Waals surface area contributed by atoms with Crippen molar-refractivity contribution in [3.8, 4) is 28.5 Å². The Morgan fingerprint density at radius 1 is 1.00 bits per heavy atom. The molecule has 0 fully saturated rings. The molecule has 0 aliphatic heterocycles. The highest BCUT2D eigenvalue weighted by molar-refractivity contribution is 9.10. The third kappa shape index (κ3) is 5.31. The van der Waals surface area contributed by atoms with Crippen LogP contribution < -0.4 is 19.5 Å². The van der Waals surface area contributed by atoms with Crippen molar-refractivity contribution in [1.29, 1.82) is 0 Å². The van der Waals surface area contributed by atoms with E-state index in [1.54, 1.807) is 12.1 Å². The SMILES string of the molecule is CCOc1cc(C(=O)Nc2nc(-c3ccc(Br)cc3)cs2)cc(OCC)c1OCC. The van der Waals surface area contributed by atoms with E-state index in [0.717, 1.165) is 15.7 Å². The van der Waals surface area contributed by atoms with E-state index in [0.29, 0.717) is 47.8 Å². The summed E-state index contributed by atoms with van der Waals surface area (Å²) >= 11 is 4.80. The van der Waals surface area contributed by atoms with Gasteiger partial charge in [-0.2, -0.15) is 0 Å². The zero-order valence-electron chi connectivity index (χ0n) is 17.0. The first kappa shape index (κ1) is 22.1. The first-order chi connectivity index (χ1) is 14.5. The molecule has 158 valence electrons. The molecule has 0 spiro atoms. The number of nitrogens with zero attached hydrogens (tertiary/aromatic N) is 1. The molecule has 0 radical (unpaired) electrons. The number of anilines is 1. The highest BCUT2D eigenvalue weighted by Crippen LogP contribution is 2.39. The van der Waals surface area contributed by atoms with Crippen LogP contribution in [-0.4, -0.2) is 30.7 Å². The number of ether oxygens (including phenoxy) is 3. The quantitative estimate of drug-likeness (QED) is 0.396. The number of thiazole rings is 1. The molecule has 3 aromatic rings. The molecule has 1 N–H and O–H groups in total. The number of rotatable bonds is 9. The summed E-state index contributed by atoms with van der Waals surface area (Å²) in [6.07, 6.45) is 0. The van der Waals surface area contributed by atoms with Crippen LogP contribution in [0.1, 0.15) is 31.1 Å². The summed E-state index contributed by atoms with van der Waals surface area (Å²) in [5.41, 5.74) is 2.19. The van der Waals surface area contributed by atoms with Gasteiger partial charge in [0.2, 0.25) is 5.75 Å². The largest absolute Gasteiger partial charge is 0.490 e. The molecule has 0 saturated heterocycles. The molecule has 1 amide bonds. The lowest BCUT2D eigenvalue weighted by Crippen LogP contribution is -2.13. The zero-order valence-corrected chi connectivity index (χ0v) is 19.4. The number of aromatic nitrogens is 1. The molecule has 0 saturated carbocycles. The fraction of sp³-hybridized carbons (Fsp3) is 0.273. The number of amides is 1. The highest BCUT2D eigenvalue weighted by atomic mass is 79.9. The smallest absolute Gasteiger partial charge is 0.257 e. The number of benzene rings is 2. The lowest BCUT2D eigenvalue weighted by Gasteiger charge is -2.16. The van der Waals surface area contributed by atoms with E-state index in [1.807, 2.05) is 50.4 Å². The maximum Gasteiger partial charge on any atom is 0.257 e. The summed E-state index contributed by atoms with van der Waals surface area (Å²) < 4.78 is 18.1. The monoisotopic (exact) mass is 490 g/mol. The molecule has 3 rings (SSSR count). The first-order valence-corrected chi connectivity index (χ1v) is 11.3. The van der Waals surface area contributed by atoms with Crippen LogP contribution in [-0.2, 0) is 0 Å². The van der Waals surface area contributed by atoms with Crippen LogP contribution in [0.4, 0.5) is 5.13 Å². The van der Waals surface area contributed by atoms with E-state index in [4.69, 9.17) is 14.2 Å². The van der Waals surface area contributed by atoms with Crippen LogP contribution in [0, 0.1) is 0 Å². The topological polar surface area (TPSA) is 69.7 Å². The average Bonchev–Trinajstić information content (AvgIpc) is 3.19. The van der Waals surface area contributed by atoms with Gasteiger partial charge in [0, 0.05) is 21.0 Å². The van der Waals surface area contributed by atoms with Gasteiger partial charge in [-0.25, -0.2) is 4.98 Å². The molecule has 2 aromatic carbocycles. The minimum absolute atomic E-state index is 0.295. The fourth-order valence-corrected chi connectivity index (χ4v) is 3.75. The van der Waals surface area contributed by atoms with Crippen molar-refractivity contribution in [2.45, 2.75) is 20.8 Å². The summed E-state index contributed by atoms with van der Waals surface area (Å²) in [6, 6.07) is 11.2. The summed E-state index contributed by atoms with van der Waals surface area (Å²) in [4.78, 5) is 17.4. The highest BCUT2D eigenvalue weighted by Gasteiger charge is 2.19. The summed E-state index contributed by atoms with van der Waals surface area (Å²) in [5.74, 6) is 1.16. The third-order valence-electron chi connectivity index (χ3n) is 4.04. The van der Waals surface area contributed by atoms with E-state index in [-0.39, 0.29) is 5.91 Å². The Labute approximate surface area is 188 Å². The second-order valence-electron chi connectivity index (χ2n) is 6.10. The van der Waals surface area contributed by atoms with Gasteiger partial charge in [-0.05, 0) is 45.0 Å². The fourth-order valence-electron chi connectivity index (χ4n) is 2.77. The summed E-state index contributed by atoms with van der Waals surface area (Å²) in [5, 5.41) is 5.28. The van der Waals surface area contributed by atoms with Gasteiger partial charge in [-0.3, -0.25) is 10.1 Å². The number of hydrogen-bond donors (Lipinski definition) is 1. The van der Waals surface area contributed by atoms with Crippen LogP contribution in [0.15, 0.2) is 46.3 Å². The first-order valence-electron chi connectivity index (χ1n) is 9.64. The van der Waals surface area contributed by atoms with Crippen molar-refractivity contribution in [3.63, 3.8) is 0 Å². The standard InChI is InChI=1S/C22H23BrN2O4S/c1-4-27-18-11-15(12-19(28-5-2)20(18)29-6-3)21(26)25-22-24-17(13-30-22)14-7-9-16(23)10-8-14/h7-13H,4-6H2,1-3H3,(H,24,25,26). The number of halogens is 1. The van der Waals surface area contributed by atoms with E-state index >= 15 is 0 Å². The predicted molar refractivity (Wildman–Crippen MR) is 123 cm³/mol. The van der Waals surface area contributed by atoms with Crippen LogP contribution in [0.5, 0.6) is 17.2 Å². The molecular weight excluding hydrogens is 468 g/mol. The van der Waals surface area contributed by atoms with Gasteiger partial charge < -0.3 is 14.2 Å². The van der Waals surface area contributed by atoms with Crippen LogP contribution in [0.25, 0.3) is 11.3 Å². The van der Waals surface area contributed by atoms with E-state index in [1.165, 1.54) is 11.3 Å². The Balaban J connectivity index is 1.85. The molecule has 0 atom stereocenters. The van der Waals surface area contributed by atoms with Crippen LogP contribution in [0.3, 0.4) is 0 Å². The maximum absolute atomic E-state index is 12.9. The average molecular weight is 491 g/mol. The minimum atomic E-state index is -0.295. The van der Waals surface area contributed by atoms with Crippen LogP contribution in [0.2, 0.25) is 0 Å². The molecule has 6 nitrogen and oxygen atoms in total. The van der Waals surface area contributed by atoms with Gasteiger partial charge in [0.1, 0.15) is 0 Å². The number of nitrogens with one attached hydrogen (secondary N) is 1. The number of carbonyl (C=O) groups is 1. The lowest BCUT2D eigenvalue weighted by molar-refractivity contribution is 0.102. The molecule has 30 heavy (non-hydrogen) atoms. The molecule has 0 aliphatic rings. The Hall–Kier alpha value is -2.58. The zero-order chi connectivity index (χ0) is 21.5. The second kappa shape index (κ2) is 10.4. The number of hydrogen-bond acceptors (Lipinski definition) is 6. The Morgan fingerprint density at radius 3 is 2.17 bits per heavy atom. The van der Waals surface area contributed by atoms with Crippen molar-refractivity contribution in [1.82, 2.24) is 4.98 Å². The molecule has 1 heterocycles. The minimum Gasteiger partial charge on any atom is -0.490 e. The second-order valence-corrected chi connectivity index (χ2v) is 7.87.